The van der Waals surface area contributed by atoms with Crippen LogP contribution in [0.2, 0.25) is 0 Å². The zero-order valence-electron chi connectivity index (χ0n) is 25.7. The van der Waals surface area contributed by atoms with Gasteiger partial charge in [-0.2, -0.15) is 5.10 Å². The third-order valence-corrected chi connectivity index (χ3v) is 8.98. The van der Waals surface area contributed by atoms with Gasteiger partial charge in [0.25, 0.3) is 0 Å². The van der Waals surface area contributed by atoms with Gasteiger partial charge in [-0.05, 0) is 88.8 Å². The number of rotatable bonds is 8. The molecule has 0 bridgehead atoms. The maximum absolute atomic E-state index is 14.1. The molecule has 2 aliphatic rings. The Bertz CT molecular complexity index is 1690. The van der Waals surface area contributed by atoms with Crippen molar-refractivity contribution in [2.75, 3.05) is 19.7 Å². The van der Waals surface area contributed by atoms with Crippen LogP contribution in [-0.4, -0.2) is 56.8 Å². The number of carbonyl (C=O) groups is 2. The molecule has 2 aromatic heterocycles. The van der Waals surface area contributed by atoms with Crippen molar-refractivity contribution in [1.29, 1.82) is 0 Å². The largest absolute Gasteiger partial charge is 0.494 e. The summed E-state index contributed by atoms with van der Waals surface area (Å²) in [5.74, 6) is 0.636. The van der Waals surface area contributed by atoms with E-state index in [0.29, 0.717) is 42.3 Å². The monoisotopic (exact) mass is 610 g/mol. The van der Waals surface area contributed by atoms with Crippen LogP contribution in [-0.2, 0) is 11.2 Å². The van der Waals surface area contributed by atoms with Crippen LogP contribution in [0.15, 0.2) is 66.3 Å². The minimum atomic E-state index is -0.520. The summed E-state index contributed by atoms with van der Waals surface area (Å²) in [6.45, 7) is 9.37. The molecule has 0 spiro atoms. The number of fused-ring (bicyclic) bond motifs is 1. The first-order valence-corrected chi connectivity index (χ1v) is 16.1. The van der Waals surface area contributed by atoms with Gasteiger partial charge in [-0.1, -0.05) is 30.3 Å². The zero-order chi connectivity index (χ0) is 30.8. The Balaban J connectivity index is 1.20. The SMILES string of the molecule is Cc1ncsc1C1=C(c2ccn(C3CCN(C(=O)OC(C)(C)C)CC3)n2)C(=O)c2cc(OCCCc3ccccc3)ccc21. The van der Waals surface area contributed by atoms with E-state index in [0.717, 1.165) is 47.4 Å². The molecule has 0 N–H and O–H groups in total. The van der Waals surface area contributed by atoms with E-state index in [4.69, 9.17) is 14.6 Å². The summed E-state index contributed by atoms with van der Waals surface area (Å²) in [5.41, 5.74) is 7.10. The van der Waals surface area contributed by atoms with Gasteiger partial charge in [0.1, 0.15) is 11.4 Å². The van der Waals surface area contributed by atoms with E-state index in [9.17, 15) is 9.59 Å². The molecule has 8 nitrogen and oxygen atoms in total. The first kappa shape index (κ1) is 29.8. The number of ketones is 1. The Morgan fingerprint density at radius 2 is 1.80 bits per heavy atom. The molecule has 0 unspecified atom stereocenters. The molecule has 1 fully saturated rings. The van der Waals surface area contributed by atoms with Crippen molar-refractivity contribution in [2.45, 2.75) is 65.0 Å². The first-order valence-electron chi connectivity index (χ1n) is 15.2. The molecule has 1 amide bonds. The van der Waals surface area contributed by atoms with Crippen LogP contribution in [0, 0.1) is 6.92 Å². The van der Waals surface area contributed by atoms with Crippen LogP contribution < -0.4 is 4.74 Å². The molecule has 9 heteroatoms. The van der Waals surface area contributed by atoms with Crippen molar-refractivity contribution in [1.82, 2.24) is 19.7 Å². The topological polar surface area (TPSA) is 86.5 Å². The molecule has 1 aliphatic heterocycles. The number of piperidine rings is 1. The predicted octanol–water partition coefficient (Wildman–Crippen LogP) is 7.39. The van der Waals surface area contributed by atoms with Gasteiger partial charge in [-0.25, -0.2) is 9.78 Å². The summed E-state index contributed by atoms with van der Waals surface area (Å²) in [6.07, 6.45) is 5.02. The second-order valence-corrected chi connectivity index (χ2v) is 13.2. The maximum Gasteiger partial charge on any atom is 0.410 e. The van der Waals surface area contributed by atoms with Crippen molar-refractivity contribution in [3.63, 3.8) is 0 Å². The molecule has 6 rings (SSSR count). The second kappa shape index (κ2) is 12.4. The van der Waals surface area contributed by atoms with Crippen molar-refractivity contribution < 1.29 is 19.1 Å². The van der Waals surface area contributed by atoms with Crippen molar-refractivity contribution in [3.05, 3.63) is 99.3 Å². The van der Waals surface area contributed by atoms with Gasteiger partial charge < -0.3 is 14.4 Å². The van der Waals surface area contributed by atoms with Crippen LogP contribution in [0.25, 0.3) is 11.1 Å². The molecule has 4 aromatic rings. The maximum atomic E-state index is 14.1. The Kier molecular flexibility index (Phi) is 8.40. The number of benzene rings is 2. The molecular formula is C35H38N4O4S. The Morgan fingerprint density at radius 1 is 1.02 bits per heavy atom. The summed E-state index contributed by atoms with van der Waals surface area (Å²) >= 11 is 1.53. The average molecular weight is 611 g/mol. The standard InChI is InChI=1S/C35H38N4O4S/c1-23-33(44-22-36-23)30-27-13-12-26(42-20-8-11-24-9-6-5-7-10-24)21-28(27)32(40)31(30)29-16-19-39(37-29)25-14-17-38(18-15-25)34(41)43-35(2,3)4/h5-7,9-10,12-13,16,19,21-22,25H,8,11,14-15,17-18,20H2,1-4H3. The van der Waals surface area contributed by atoms with E-state index >= 15 is 0 Å². The lowest BCUT2D eigenvalue weighted by molar-refractivity contribution is 0.0184. The zero-order valence-corrected chi connectivity index (χ0v) is 26.5. The van der Waals surface area contributed by atoms with E-state index in [1.165, 1.54) is 16.9 Å². The number of amides is 1. The minimum absolute atomic E-state index is 0.0532. The number of carbonyl (C=O) groups excluding carboxylic acids is 2. The highest BCUT2D eigenvalue weighted by Gasteiger charge is 2.35. The number of likely N-dealkylation sites (tertiary alicyclic amines) is 1. The lowest BCUT2D eigenvalue weighted by Crippen LogP contribution is -2.42. The van der Waals surface area contributed by atoms with E-state index in [-0.39, 0.29) is 17.9 Å². The smallest absolute Gasteiger partial charge is 0.410 e. The van der Waals surface area contributed by atoms with Crippen molar-refractivity contribution >= 4 is 34.4 Å². The van der Waals surface area contributed by atoms with Crippen LogP contribution in [0.5, 0.6) is 5.75 Å². The molecule has 228 valence electrons. The van der Waals surface area contributed by atoms with Gasteiger partial charge in [0, 0.05) is 30.4 Å². The number of allylic oxidation sites excluding steroid dienone is 1. The number of hydrogen-bond acceptors (Lipinski definition) is 7. The van der Waals surface area contributed by atoms with E-state index in [1.807, 2.05) is 86.5 Å². The van der Waals surface area contributed by atoms with E-state index in [1.54, 1.807) is 4.90 Å². The lowest BCUT2D eigenvalue weighted by atomic mass is 10.0. The van der Waals surface area contributed by atoms with Gasteiger partial charge in [-0.3, -0.25) is 9.48 Å². The summed E-state index contributed by atoms with van der Waals surface area (Å²) in [7, 11) is 0. The number of Topliss-reactive ketones (excluding diaryl/α,β-unsaturated/α-hetero) is 1. The second-order valence-electron chi connectivity index (χ2n) is 12.4. The summed E-state index contributed by atoms with van der Waals surface area (Å²) in [6, 6.07) is 18.2. The normalized spacial score (nSPS) is 15.5. The fraction of sp³-hybridized carbons (Fsp3) is 0.371. The number of ether oxygens (including phenoxy) is 2. The fourth-order valence-corrected chi connectivity index (χ4v) is 6.72. The lowest BCUT2D eigenvalue weighted by Gasteiger charge is -2.33. The summed E-state index contributed by atoms with van der Waals surface area (Å²) < 4.78 is 13.6. The Hall–Kier alpha value is -4.24. The molecule has 2 aromatic carbocycles. The fourth-order valence-electron chi connectivity index (χ4n) is 5.85. The van der Waals surface area contributed by atoms with Gasteiger partial charge in [0.15, 0.2) is 5.78 Å². The number of aromatic nitrogens is 3. The van der Waals surface area contributed by atoms with Crippen LogP contribution in [0.4, 0.5) is 4.79 Å². The number of nitrogens with zero attached hydrogens (tertiary/aromatic N) is 4. The summed E-state index contributed by atoms with van der Waals surface area (Å²) in [5, 5.41) is 4.94. The average Bonchev–Trinajstić information content (AvgIpc) is 3.73. The highest BCUT2D eigenvalue weighted by molar-refractivity contribution is 7.11. The molecule has 3 heterocycles. The Labute approximate surface area is 262 Å². The van der Waals surface area contributed by atoms with Crippen molar-refractivity contribution in [3.8, 4) is 5.75 Å². The van der Waals surface area contributed by atoms with Crippen molar-refractivity contribution in [2.24, 2.45) is 0 Å². The third-order valence-electron chi connectivity index (χ3n) is 8.03. The molecule has 0 radical (unpaired) electrons. The first-order chi connectivity index (χ1) is 21.2. The minimum Gasteiger partial charge on any atom is -0.494 e. The van der Waals surface area contributed by atoms with Gasteiger partial charge in [0.05, 0.1) is 40.0 Å². The highest BCUT2D eigenvalue weighted by atomic mass is 32.1. The molecule has 0 atom stereocenters. The van der Waals surface area contributed by atoms with E-state index < -0.39 is 5.60 Å². The quantitative estimate of drug-likeness (QED) is 0.194. The highest BCUT2D eigenvalue weighted by Crippen LogP contribution is 2.45. The third kappa shape index (κ3) is 6.33. The Morgan fingerprint density at radius 3 is 2.50 bits per heavy atom. The molecule has 44 heavy (non-hydrogen) atoms. The van der Waals surface area contributed by atoms with Gasteiger partial charge in [-0.15, -0.1) is 11.3 Å². The number of thiazole rings is 1. The van der Waals surface area contributed by atoms with Crippen LogP contribution >= 0.6 is 11.3 Å². The molecular weight excluding hydrogens is 572 g/mol. The van der Waals surface area contributed by atoms with Crippen LogP contribution in [0.1, 0.15) is 83.8 Å². The number of aryl methyl sites for hydroxylation is 2. The predicted molar refractivity (Wildman–Crippen MR) is 172 cm³/mol. The van der Waals surface area contributed by atoms with Gasteiger partial charge in [0.2, 0.25) is 0 Å². The van der Waals surface area contributed by atoms with E-state index in [2.05, 4.69) is 17.1 Å². The molecule has 0 saturated carbocycles. The van der Waals surface area contributed by atoms with Crippen LogP contribution in [0.3, 0.4) is 0 Å². The number of hydrogen-bond donors (Lipinski definition) is 0. The van der Waals surface area contributed by atoms with Gasteiger partial charge >= 0.3 is 6.09 Å². The molecule has 1 aliphatic carbocycles. The molecule has 1 saturated heterocycles. The summed E-state index contributed by atoms with van der Waals surface area (Å²) in [4.78, 5) is 33.8.